The molecule has 2 saturated heterocycles. The summed E-state index contributed by atoms with van der Waals surface area (Å²) in [5.41, 5.74) is 0. The van der Waals surface area contributed by atoms with Gasteiger partial charge < -0.3 is 15.4 Å². The lowest BCUT2D eigenvalue weighted by Crippen LogP contribution is -2.41. The number of nitrogens with one attached hydrogen (secondary N) is 2. The first-order valence-corrected chi connectivity index (χ1v) is 6.42. The largest absolute Gasteiger partial charge is 0.377 e. The van der Waals surface area contributed by atoms with E-state index in [1.54, 1.807) is 0 Å². The molecule has 88 valence electrons. The molecule has 0 saturated carbocycles. The number of piperidine rings is 1. The van der Waals surface area contributed by atoms with Crippen molar-refractivity contribution in [3.63, 3.8) is 0 Å². The van der Waals surface area contributed by atoms with E-state index in [-0.39, 0.29) is 0 Å². The van der Waals surface area contributed by atoms with E-state index in [4.69, 9.17) is 4.74 Å². The predicted molar refractivity (Wildman–Crippen MR) is 62.0 cm³/mol. The molecule has 2 heterocycles. The van der Waals surface area contributed by atoms with Crippen LogP contribution in [0, 0.1) is 5.92 Å². The van der Waals surface area contributed by atoms with Gasteiger partial charge in [-0.3, -0.25) is 0 Å². The van der Waals surface area contributed by atoms with Gasteiger partial charge in [-0.25, -0.2) is 0 Å². The molecule has 0 amide bonds. The smallest absolute Gasteiger partial charge is 0.0726 e. The standard InChI is InChI=1S/C12H24N2O/c1-10(12-3-2-8-15-12)14-9-11-4-6-13-7-5-11/h10-14H,2-9H2,1H3. The minimum atomic E-state index is 0.465. The third-order valence-corrected chi connectivity index (χ3v) is 3.71. The van der Waals surface area contributed by atoms with Gasteiger partial charge in [-0.05, 0) is 58.2 Å². The van der Waals surface area contributed by atoms with Crippen LogP contribution < -0.4 is 10.6 Å². The lowest BCUT2D eigenvalue weighted by molar-refractivity contribution is 0.0817. The second kappa shape index (κ2) is 5.83. The van der Waals surface area contributed by atoms with Gasteiger partial charge >= 0.3 is 0 Å². The van der Waals surface area contributed by atoms with E-state index in [0.717, 1.165) is 12.5 Å². The molecule has 0 radical (unpaired) electrons. The first kappa shape index (κ1) is 11.4. The summed E-state index contributed by atoms with van der Waals surface area (Å²) in [6.07, 6.45) is 5.59. The summed E-state index contributed by atoms with van der Waals surface area (Å²) in [6.45, 7) is 6.78. The first-order chi connectivity index (χ1) is 7.36. The molecule has 0 aromatic heterocycles. The molecule has 3 heteroatoms. The molecule has 0 aromatic carbocycles. The number of hydrogen-bond acceptors (Lipinski definition) is 3. The Labute approximate surface area is 93.0 Å². The highest BCUT2D eigenvalue weighted by Gasteiger charge is 2.23. The van der Waals surface area contributed by atoms with Gasteiger partial charge in [0.05, 0.1) is 6.10 Å². The van der Waals surface area contributed by atoms with Crippen molar-refractivity contribution in [3.8, 4) is 0 Å². The minimum absolute atomic E-state index is 0.465. The van der Waals surface area contributed by atoms with Crippen molar-refractivity contribution in [1.29, 1.82) is 0 Å². The van der Waals surface area contributed by atoms with E-state index in [9.17, 15) is 0 Å². The Morgan fingerprint density at radius 3 is 2.80 bits per heavy atom. The average molecular weight is 212 g/mol. The highest BCUT2D eigenvalue weighted by atomic mass is 16.5. The Morgan fingerprint density at radius 1 is 1.33 bits per heavy atom. The molecule has 3 nitrogen and oxygen atoms in total. The van der Waals surface area contributed by atoms with Gasteiger partial charge in [-0.1, -0.05) is 0 Å². The molecule has 2 N–H and O–H groups in total. The molecule has 0 aliphatic carbocycles. The maximum absolute atomic E-state index is 5.68. The molecular formula is C12H24N2O. The van der Waals surface area contributed by atoms with Crippen molar-refractivity contribution in [3.05, 3.63) is 0 Å². The SMILES string of the molecule is CC(NCC1CCNCC1)C1CCCO1. The van der Waals surface area contributed by atoms with Crippen LogP contribution in [0.15, 0.2) is 0 Å². The molecule has 2 aliphatic rings. The number of rotatable bonds is 4. The van der Waals surface area contributed by atoms with E-state index < -0.39 is 0 Å². The van der Waals surface area contributed by atoms with Crippen molar-refractivity contribution in [2.45, 2.75) is 44.8 Å². The van der Waals surface area contributed by atoms with Crippen LogP contribution in [0.1, 0.15) is 32.6 Å². The van der Waals surface area contributed by atoms with Crippen LogP contribution in [0.25, 0.3) is 0 Å². The highest BCUT2D eigenvalue weighted by Crippen LogP contribution is 2.16. The Balaban J connectivity index is 1.63. The maximum Gasteiger partial charge on any atom is 0.0726 e. The lowest BCUT2D eigenvalue weighted by Gasteiger charge is -2.26. The van der Waals surface area contributed by atoms with Gasteiger partial charge in [0.2, 0.25) is 0 Å². The molecule has 0 bridgehead atoms. The summed E-state index contributed by atoms with van der Waals surface area (Å²) in [7, 11) is 0. The summed E-state index contributed by atoms with van der Waals surface area (Å²) >= 11 is 0. The summed E-state index contributed by atoms with van der Waals surface area (Å²) < 4.78 is 5.68. The van der Waals surface area contributed by atoms with Crippen LogP contribution in [-0.4, -0.2) is 38.4 Å². The molecule has 2 rings (SSSR count). The summed E-state index contributed by atoms with van der Waals surface area (Å²) in [5.74, 6) is 0.870. The molecule has 2 unspecified atom stereocenters. The van der Waals surface area contributed by atoms with Crippen molar-refractivity contribution in [1.82, 2.24) is 10.6 Å². The normalized spacial score (nSPS) is 30.6. The monoisotopic (exact) mass is 212 g/mol. The van der Waals surface area contributed by atoms with Crippen LogP contribution in [-0.2, 0) is 4.74 Å². The third-order valence-electron chi connectivity index (χ3n) is 3.71. The second-order valence-corrected chi connectivity index (χ2v) is 4.94. The van der Waals surface area contributed by atoms with Crippen LogP contribution in [0.2, 0.25) is 0 Å². The van der Waals surface area contributed by atoms with Crippen LogP contribution in [0.4, 0.5) is 0 Å². The third kappa shape index (κ3) is 3.44. The Morgan fingerprint density at radius 2 is 2.13 bits per heavy atom. The van der Waals surface area contributed by atoms with Crippen LogP contribution in [0.3, 0.4) is 0 Å². The molecule has 15 heavy (non-hydrogen) atoms. The van der Waals surface area contributed by atoms with E-state index in [2.05, 4.69) is 17.6 Å². The molecule has 0 spiro atoms. The topological polar surface area (TPSA) is 33.3 Å². The quantitative estimate of drug-likeness (QED) is 0.733. The minimum Gasteiger partial charge on any atom is -0.377 e. The Bertz CT molecular complexity index is 174. The van der Waals surface area contributed by atoms with Crippen molar-refractivity contribution in [2.24, 2.45) is 5.92 Å². The van der Waals surface area contributed by atoms with Gasteiger partial charge in [0.1, 0.15) is 0 Å². The van der Waals surface area contributed by atoms with Gasteiger partial charge in [-0.2, -0.15) is 0 Å². The first-order valence-electron chi connectivity index (χ1n) is 6.42. The fraction of sp³-hybridized carbons (Fsp3) is 1.00. The lowest BCUT2D eigenvalue weighted by atomic mass is 9.97. The van der Waals surface area contributed by atoms with Crippen molar-refractivity contribution >= 4 is 0 Å². The van der Waals surface area contributed by atoms with Crippen LogP contribution in [0.5, 0.6) is 0 Å². The summed E-state index contributed by atoms with van der Waals surface area (Å²) in [4.78, 5) is 0. The molecular weight excluding hydrogens is 188 g/mol. The number of hydrogen-bond donors (Lipinski definition) is 2. The fourth-order valence-electron chi connectivity index (χ4n) is 2.57. The number of ether oxygens (including phenoxy) is 1. The van der Waals surface area contributed by atoms with Crippen molar-refractivity contribution in [2.75, 3.05) is 26.2 Å². The van der Waals surface area contributed by atoms with E-state index >= 15 is 0 Å². The molecule has 2 fully saturated rings. The van der Waals surface area contributed by atoms with Crippen LogP contribution >= 0.6 is 0 Å². The summed E-state index contributed by atoms with van der Waals surface area (Å²) in [5, 5.41) is 7.05. The zero-order chi connectivity index (χ0) is 10.5. The predicted octanol–water partition coefficient (Wildman–Crippen LogP) is 1.14. The molecule has 0 aromatic rings. The zero-order valence-electron chi connectivity index (χ0n) is 9.80. The highest BCUT2D eigenvalue weighted by molar-refractivity contribution is 4.79. The second-order valence-electron chi connectivity index (χ2n) is 4.94. The Kier molecular flexibility index (Phi) is 4.42. The Hall–Kier alpha value is -0.120. The van der Waals surface area contributed by atoms with E-state index in [1.165, 1.54) is 45.3 Å². The average Bonchev–Trinajstić information content (AvgIpc) is 2.81. The molecule has 2 atom stereocenters. The maximum atomic E-state index is 5.68. The fourth-order valence-corrected chi connectivity index (χ4v) is 2.57. The summed E-state index contributed by atoms with van der Waals surface area (Å²) in [6, 6.07) is 0.530. The van der Waals surface area contributed by atoms with Gasteiger partial charge in [0, 0.05) is 12.6 Å². The zero-order valence-corrected chi connectivity index (χ0v) is 9.80. The van der Waals surface area contributed by atoms with Gasteiger partial charge in [-0.15, -0.1) is 0 Å². The van der Waals surface area contributed by atoms with E-state index in [0.29, 0.717) is 12.1 Å². The van der Waals surface area contributed by atoms with E-state index in [1.807, 2.05) is 0 Å². The molecule has 2 aliphatic heterocycles. The van der Waals surface area contributed by atoms with Gasteiger partial charge in [0.15, 0.2) is 0 Å². The van der Waals surface area contributed by atoms with Crippen molar-refractivity contribution < 1.29 is 4.74 Å². The van der Waals surface area contributed by atoms with Gasteiger partial charge in [0.25, 0.3) is 0 Å².